The van der Waals surface area contributed by atoms with Crippen LogP contribution in [0.1, 0.15) is 5.56 Å². The van der Waals surface area contributed by atoms with E-state index in [0.717, 1.165) is 16.5 Å². The molecular formula is C11H12N4. The summed E-state index contributed by atoms with van der Waals surface area (Å²) in [6, 6.07) is 9.82. The van der Waals surface area contributed by atoms with Gasteiger partial charge in [-0.1, -0.05) is 6.07 Å². The van der Waals surface area contributed by atoms with Gasteiger partial charge in [0.15, 0.2) is 0 Å². The average Bonchev–Trinajstić information content (AvgIpc) is 2.30. The van der Waals surface area contributed by atoms with Gasteiger partial charge in [-0.3, -0.25) is 9.98 Å². The molecule has 1 aromatic heterocycles. The number of hydrogen-bond donors (Lipinski definition) is 2. The number of amidine groups is 1. The largest absolute Gasteiger partial charge is 0.308 e. The molecule has 0 radical (unpaired) electrons. The van der Waals surface area contributed by atoms with Gasteiger partial charge in [0, 0.05) is 24.2 Å². The van der Waals surface area contributed by atoms with Crippen molar-refractivity contribution in [3.05, 3.63) is 42.1 Å². The Balaban J connectivity index is 2.56. The van der Waals surface area contributed by atoms with E-state index in [4.69, 9.17) is 5.84 Å². The number of nitrogens with zero attached hydrogens (tertiary/aromatic N) is 2. The zero-order chi connectivity index (χ0) is 10.7. The lowest BCUT2D eigenvalue weighted by atomic mass is 10.1. The minimum Gasteiger partial charge on any atom is -0.308 e. The highest BCUT2D eigenvalue weighted by molar-refractivity contribution is 6.01. The Bertz CT molecular complexity index is 505. The second kappa shape index (κ2) is 4.06. The number of pyridine rings is 1. The van der Waals surface area contributed by atoms with E-state index in [1.807, 2.05) is 30.3 Å². The zero-order valence-electron chi connectivity index (χ0n) is 8.44. The van der Waals surface area contributed by atoms with Crippen molar-refractivity contribution in [3.63, 3.8) is 0 Å². The number of aliphatic imine (C=N–C) groups is 1. The normalized spacial score (nSPS) is 11.7. The van der Waals surface area contributed by atoms with Crippen LogP contribution in [0.4, 0.5) is 0 Å². The number of fused-ring (bicyclic) bond motifs is 1. The van der Waals surface area contributed by atoms with E-state index in [0.29, 0.717) is 5.84 Å². The van der Waals surface area contributed by atoms with Crippen LogP contribution in [0.15, 0.2) is 41.5 Å². The highest BCUT2D eigenvalue weighted by Gasteiger charge is 2.01. The van der Waals surface area contributed by atoms with E-state index in [1.54, 1.807) is 13.2 Å². The molecule has 2 aromatic rings. The molecule has 0 spiro atoms. The van der Waals surface area contributed by atoms with Crippen molar-refractivity contribution in [2.24, 2.45) is 10.8 Å². The van der Waals surface area contributed by atoms with Crippen molar-refractivity contribution >= 4 is 16.7 Å². The van der Waals surface area contributed by atoms with Gasteiger partial charge in [-0.15, -0.1) is 0 Å². The first-order chi connectivity index (χ1) is 7.35. The number of nitrogens with two attached hydrogens (primary N) is 1. The Labute approximate surface area is 87.8 Å². The molecule has 2 rings (SSSR count). The van der Waals surface area contributed by atoms with E-state index in [-0.39, 0.29) is 0 Å². The average molecular weight is 200 g/mol. The first kappa shape index (κ1) is 9.61. The van der Waals surface area contributed by atoms with E-state index in [1.165, 1.54) is 0 Å². The van der Waals surface area contributed by atoms with Crippen molar-refractivity contribution in [1.82, 2.24) is 10.4 Å². The van der Waals surface area contributed by atoms with Gasteiger partial charge in [0.2, 0.25) is 0 Å². The molecule has 0 aliphatic heterocycles. The molecule has 0 unspecified atom stereocenters. The van der Waals surface area contributed by atoms with E-state index >= 15 is 0 Å². The van der Waals surface area contributed by atoms with E-state index in [2.05, 4.69) is 15.4 Å². The summed E-state index contributed by atoms with van der Waals surface area (Å²) in [4.78, 5) is 8.29. The molecule has 1 aromatic carbocycles. The van der Waals surface area contributed by atoms with Crippen LogP contribution in [0.3, 0.4) is 0 Å². The van der Waals surface area contributed by atoms with Crippen LogP contribution in [-0.4, -0.2) is 17.9 Å². The lowest BCUT2D eigenvalue weighted by Crippen LogP contribution is -2.30. The molecule has 0 amide bonds. The number of nitrogens with one attached hydrogen (secondary N) is 1. The number of rotatable bonds is 1. The first-order valence-corrected chi connectivity index (χ1v) is 4.63. The van der Waals surface area contributed by atoms with Gasteiger partial charge in [0.05, 0.1) is 5.52 Å². The molecule has 3 N–H and O–H groups in total. The topological polar surface area (TPSA) is 63.3 Å². The summed E-state index contributed by atoms with van der Waals surface area (Å²) < 4.78 is 0. The summed E-state index contributed by atoms with van der Waals surface area (Å²) in [6.45, 7) is 0. The van der Waals surface area contributed by atoms with Crippen molar-refractivity contribution in [3.8, 4) is 0 Å². The van der Waals surface area contributed by atoms with Crippen LogP contribution in [-0.2, 0) is 0 Å². The minimum atomic E-state index is 0.667. The molecule has 0 fully saturated rings. The Morgan fingerprint density at radius 2 is 2.27 bits per heavy atom. The van der Waals surface area contributed by atoms with Crippen LogP contribution in [0.5, 0.6) is 0 Å². The zero-order valence-corrected chi connectivity index (χ0v) is 8.44. The lowest BCUT2D eigenvalue weighted by Gasteiger charge is -2.05. The van der Waals surface area contributed by atoms with Gasteiger partial charge in [0.1, 0.15) is 5.84 Å². The fraction of sp³-hybridized carbons (Fsp3) is 0.0909. The molecule has 15 heavy (non-hydrogen) atoms. The molecule has 4 heteroatoms. The summed E-state index contributed by atoms with van der Waals surface area (Å²) in [5.41, 5.74) is 4.49. The van der Waals surface area contributed by atoms with Crippen molar-refractivity contribution < 1.29 is 0 Å². The fourth-order valence-corrected chi connectivity index (χ4v) is 1.50. The summed E-state index contributed by atoms with van der Waals surface area (Å²) >= 11 is 0. The van der Waals surface area contributed by atoms with Crippen LogP contribution >= 0.6 is 0 Å². The highest BCUT2D eigenvalue weighted by Crippen LogP contribution is 2.13. The Kier molecular flexibility index (Phi) is 2.60. The summed E-state index contributed by atoms with van der Waals surface area (Å²) in [7, 11) is 1.70. The maximum Gasteiger partial charge on any atom is 0.142 e. The van der Waals surface area contributed by atoms with E-state index in [9.17, 15) is 0 Å². The highest BCUT2D eigenvalue weighted by atomic mass is 15.2. The van der Waals surface area contributed by atoms with Gasteiger partial charge in [-0.2, -0.15) is 0 Å². The van der Waals surface area contributed by atoms with Gasteiger partial charge in [0.25, 0.3) is 0 Å². The predicted octanol–water partition coefficient (Wildman–Crippen LogP) is 1.07. The molecule has 76 valence electrons. The Morgan fingerprint density at radius 3 is 3.00 bits per heavy atom. The monoisotopic (exact) mass is 200 g/mol. The maximum atomic E-state index is 5.36. The lowest BCUT2D eigenvalue weighted by molar-refractivity contribution is 1.02. The smallest absolute Gasteiger partial charge is 0.142 e. The third-order valence-corrected chi connectivity index (χ3v) is 2.24. The van der Waals surface area contributed by atoms with Crippen molar-refractivity contribution in [1.29, 1.82) is 0 Å². The SMILES string of the molecule is CN=C(NN)c1ccc2ncccc2c1. The van der Waals surface area contributed by atoms with Crippen LogP contribution in [0.2, 0.25) is 0 Å². The molecule has 0 bridgehead atoms. The van der Waals surface area contributed by atoms with Crippen LogP contribution in [0.25, 0.3) is 10.9 Å². The molecule has 0 saturated carbocycles. The van der Waals surface area contributed by atoms with Crippen molar-refractivity contribution in [2.45, 2.75) is 0 Å². The fourth-order valence-electron chi connectivity index (χ4n) is 1.50. The van der Waals surface area contributed by atoms with E-state index < -0.39 is 0 Å². The van der Waals surface area contributed by atoms with Crippen LogP contribution in [0, 0.1) is 0 Å². The molecule has 0 saturated heterocycles. The van der Waals surface area contributed by atoms with Crippen molar-refractivity contribution in [2.75, 3.05) is 7.05 Å². The molecule has 0 aliphatic carbocycles. The van der Waals surface area contributed by atoms with Gasteiger partial charge in [-0.25, -0.2) is 5.84 Å². The molecular weight excluding hydrogens is 188 g/mol. The maximum absolute atomic E-state index is 5.36. The molecule has 1 heterocycles. The number of hydrogen-bond acceptors (Lipinski definition) is 3. The predicted molar refractivity (Wildman–Crippen MR) is 61.5 cm³/mol. The first-order valence-electron chi connectivity index (χ1n) is 4.63. The third-order valence-electron chi connectivity index (χ3n) is 2.24. The summed E-state index contributed by atoms with van der Waals surface area (Å²) in [5, 5.41) is 1.08. The number of hydrazine groups is 1. The summed E-state index contributed by atoms with van der Waals surface area (Å²) in [5.74, 6) is 6.03. The standard InChI is InChI=1S/C11H12N4/c1-13-11(15-12)9-4-5-10-8(7-9)3-2-6-14-10/h2-7H,12H2,1H3,(H,13,15). The van der Waals surface area contributed by atoms with Gasteiger partial charge >= 0.3 is 0 Å². The molecule has 0 atom stereocenters. The van der Waals surface area contributed by atoms with Crippen LogP contribution < -0.4 is 11.3 Å². The Hall–Kier alpha value is -1.94. The number of benzene rings is 1. The quantitative estimate of drug-likeness (QED) is 0.313. The second-order valence-electron chi connectivity index (χ2n) is 3.13. The van der Waals surface area contributed by atoms with Gasteiger partial charge in [-0.05, 0) is 24.3 Å². The van der Waals surface area contributed by atoms with Gasteiger partial charge < -0.3 is 5.43 Å². The summed E-state index contributed by atoms with van der Waals surface area (Å²) in [6.07, 6.45) is 1.78. The second-order valence-corrected chi connectivity index (χ2v) is 3.13. The molecule has 0 aliphatic rings. The third kappa shape index (κ3) is 1.80. The number of aromatic nitrogens is 1. The Morgan fingerprint density at radius 1 is 1.40 bits per heavy atom. The molecule has 4 nitrogen and oxygen atoms in total. The minimum absolute atomic E-state index is 0.667.